The number of hydrogen-bond acceptors (Lipinski definition) is 7. The zero-order chi connectivity index (χ0) is 23.7. The molecule has 0 spiro atoms. The minimum atomic E-state index is -3.72. The van der Waals surface area contributed by atoms with Crippen LogP contribution in [0, 0.1) is 11.7 Å². The summed E-state index contributed by atoms with van der Waals surface area (Å²) in [6.45, 7) is 1.46. The summed E-state index contributed by atoms with van der Waals surface area (Å²) in [4.78, 5) is 17.3. The van der Waals surface area contributed by atoms with E-state index in [9.17, 15) is 17.6 Å². The first-order valence-corrected chi connectivity index (χ1v) is 13.1. The van der Waals surface area contributed by atoms with Crippen molar-refractivity contribution in [3.8, 4) is 22.8 Å². The third kappa shape index (κ3) is 4.63. The lowest BCUT2D eigenvalue weighted by Gasteiger charge is -2.30. The average Bonchev–Trinajstić information content (AvgIpc) is 3.32. The maximum absolute atomic E-state index is 13.1. The number of rotatable bonds is 5. The van der Waals surface area contributed by atoms with Crippen molar-refractivity contribution in [3.05, 3.63) is 53.7 Å². The summed E-state index contributed by atoms with van der Waals surface area (Å²) in [5.74, 6) is 0.382. The minimum Gasteiger partial charge on any atom is -0.486 e. The molecule has 5 rings (SSSR count). The van der Waals surface area contributed by atoms with E-state index in [-0.39, 0.29) is 29.8 Å². The van der Waals surface area contributed by atoms with Gasteiger partial charge in [-0.25, -0.2) is 17.8 Å². The molecule has 1 amide bonds. The molecule has 1 N–H and O–H groups in total. The Labute approximate surface area is 200 Å². The summed E-state index contributed by atoms with van der Waals surface area (Å²) in [6, 6.07) is 10.4. The lowest BCUT2D eigenvalue weighted by molar-refractivity contribution is -0.120. The number of nitrogens with zero attached hydrogens (tertiary/aromatic N) is 2. The highest BCUT2D eigenvalue weighted by Gasteiger charge is 2.32. The van der Waals surface area contributed by atoms with Crippen LogP contribution in [0.2, 0.25) is 0 Å². The van der Waals surface area contributed by atoms with Crippen molar-refractivity contribution < 1.29 is 27.1 Å². The number of carbonyl (C=O) groups is 1. The second-order valence-electron chi connectivity index (χ2n) is 8.02. The molecular weight excluding hydrogens is 481 g/mol. The molecule has 0 radical (unpaired) electrons. The Bertz CT molecular complexity index is 1300. The van der Waals surface area contributed by atoms with Gasteiger partial charge in [-0.05, 0) is 55.3 Å². The summed E-state index contributed by atoms with van der Waals surface area (Å²) >= 11 is 1.33. The first-order chi connectivity index (χ1) is 16.4. The topological polar surface area (TPSA) is 97.8 Å². The molecule has 8 nitrogen and oxygen atoms in total. The van der Waals surface area contributed by atoms with Gasteiger partial charge in [-0.3, -0.25) is 4.79 Å². The summed E-state index contributed by atoms with van der Waals surface area (Å²) in [5.41, 5.74) is 1.58. The number of amides is 1. The lowest BCUT2D eigenvalue weighted by Crippen LogP contribution is -2.41. The van der Waals surface area contributed by atoms with E-state index in [1.165, 1.54) is 27.8 Å². The normalized spacial score (nSPS) is 16.9. The summed E-state index contributed by atoms with van der Waals surface area (Å²) < 4.78 is 51.2. The van der Waals surface area contributed by atoms with Crippen LogP contribution in [0.4, 0.5) is 9.52 Å². The lowest BCUT2D eigenvalue weighted by atomic mass is 9.97. The van der Waals surface area contributed by atoms with Gasteiger partial charge in [0, 0.05) is 30.0 Å². The number of nitrogens with one attached hydrogen (secondary N) is 1. The van der Waals surface area contributed by atoms with E-state index in [4.69, 9.17) is 9.47 Å². The maximum Gasteiger partial charge on any atom is 0.243 e. The fourth-order valence-corrected chi connectivity index (χ4v) is 6.18. The van der Waals surface area contributed by atoms with Crippen LogP contribution in [0.25, 0.3) is 11.3 Å². The molecule has 34 heavy (non-hydrogen) atoms. The third-order valence-corrected chi connectivity index (χ3v) is 8.52. The largest absolute Gasteiger partial charge is 0.486 e. The Hall–Kier alpha value is -3.02. The molecule has 3 heterocycles. The van der Waals surface area contributed by atoms with Crippen molar-refractivity contribution in [2.75, 3.05) is 31.6 Å². The molecule has 0 aliphatic carbocycles. The number of anilines is 1. The smallest absolute Gasteiger partial charge is 0.243 e. The van der Waals surface area contributed by atoms with Crippen molar-refractivity contribution in [1.82, 2.24) is 9.29 Å². The molecule has 0 atom stereocenters. The molecule has 0 bridgehead atoms. The van der Waals surface area contributed by atoms with Crippen molar-refractivity contribution in [2.24, 2.45) is 5.92 Å². The van der Waals surface area contributed by atoms with E-state index < -0.39 is 15.8 Å². The van der Waals surface area contributed by atoms with Gasteiger partial charge in [0.15, 0.2) is 16.6 Å². The number of carbonyl (C=O) groups excluding carboxylic acids is 1. The van der Waals surface area contributed by atoms with Gasteiger partial charge < -0.3 is 14.8 Å². The highest BCUT2D eigenvalue weighted by molar-refractivity contribution is 7.89. The molecular formula is C23H22FN3O5S2. The van der Waals surface area contributed by atoms with Crippen LogP contribution >= 0.6 is 11.3 Å². The van der Waals surface area contributed by atoms with E-state index in [0.717, 1.165) is 23.4 Å². The number of halogens is 1. The summed E-state index contributed by atoms with van der Waals surface area (Å²) in [5, 5.41) is 5.20. The fraction of sp³-hybridized carbons (Fsp3) is 0.304. The van der Waals surface area contributed by atoms with Crippen LogP contribution in [-0.4, -0.2) is 49.9 Å². The second-order valence-corrected chi connectivity index (χ2v) is 10.8. The van der Waals surface area contributed by atoms with E-state index in [1.807, 2.05) is 23.6 Å². The van der Waals surface area contributed by atoms with E-state index in [2.05, 4.69) is 10.3 Å². The number of fused-ring (bicyclic) bond motifs is 1. The number of sulfonamides is 1. The standard InChI is InChI=1S/C23H22FN3O5S2/c24-17-2-4-18(5-3-17)34(29,30)27-9-7-15(8-10-27)22(28)26-23-25-19(14-33-23)16-1-6-20-21(13-16)32-12-11-31-20/h1-6,13-15H,7-12H2,(H,25,26,28). The number of thiazole rings is 1. The number of ether oxygens (including phenoxy) is 2. The van der Waals surface area contributed by atoms with Gasteiger partial charge in [0.05, 0.1) is 10.6 Å². The average molecular weight is 504 g/mol. The maximum atomic E-state index is 13.1. The zero-order valence-corrected chi connectivity index (χ0v) is 19.7. The molecule has 2 aliphatic rings. The molecule has 2 aliphatic heterocycles. The molecule has 3 aromatic rings. The van der Waals surface area contributed by atoms with Crippen molar-refractivity contribution >= 4 is 32.4 Å². The second kappa shape index (κ2) is 9.32. The van der Waals surface area contributed by atoms with Gasteiger partial charge in [-0.15, -0.1) is 11.3 Å². The first-order valence-electron chi connectivity index (χ1n) is 10.8. The van der Waals surface area contributed by atoms with Gasteiger partial charge in [-0.2, -0.15) is 4.31 Å². The molecule has 1 fully saturated rings. The van der Waals surface area contributed by atoms with Crippen molar-refractivity contribution in [1.29, 1.82) is 0 Å². The van der Waals surface area contributed by atoms with Crippen molar-refractivity contribution in [2.45, 2.75) is 17.7 Å². The molecule has 2 aromatic carbocycles. The van der Waals surface area contributed by atoms with Gasteiger partial charge in [0.2, 0.25) is 15.9 Å². The third-order valence-electron chi connectivity index (χ3n) is 5.85. The van der Waals surface area contributed by atoms with E-state index in [0.29, 0.717) is 42.7 Å². The van der Waals surface area contributed by atoms with Gasteiger partial charge >= 0.3 is 0 Å². The fourth-order valence-electron chi connectivity index (χ4n) is 3.99. The first kappa shape index (κ1) is 22.8. The Kier molecular flexibility index (Phi) is 6.24. The Balaban J connectivity index is 1.19. The Morgan fingerprint density at radius 3 is 2.50 bits per heavy atom. The number of piperidine rings is 1. The van der Waals surface area contributed by atoms with Crippen molar-refractivity contribution in [3.63, 3.8) is 0 Å². The van der Waals surface area contributed by atoms with Gasteiger partial charge in [0.1, 0.15) is 19.0 Å². The molecule has 11 heteroatoms. The van der Waals surface area contributed by atoms with Crippen LogP contribution in [-0.2, 0) is 14.8 Å². The van der Waals surface area contributed by atoms with Crippen LogP contribution < -0.4 is 14.8 Å². The number of aromatic nitrogens is 1. The van der Waals surface area contributed by atoms with E-state index >= 15 is 0 Å². The zero-order valence-electron chi connectivity index (χ0n) is 18.1. The highest BCUT2D eigenvalue weighted by atomic mass is 32.2. The van der Waals surface area contributed by atoms with Crippen LogP contribution in [0.5, 0.6) is 11.5 Å². The summed E-state index contributed by atoms with van der Waals surface area (Å²) in [7, 11) is -3.72. The summed E-state index contributed by atoms with van der Waals surface area (Å²) in [6.07, 6.45) is 0.791. The number of benzene rings is 2. The van der Waals surface area contributed by atoms with E-state index in [1.54, 1.807) is 0 Å². The van der Waals surface area contributed by atoms with Crippen LogP contribution in [0.3, 0.4) is 0 Å². The molecule has 0 saturated carbocycles. The Morgan fingerprint density at radius 1 is 1.06 bits per heavy atom. The molecule has 0 unspecified atom stereocenters. The predicted molar refractivity (Wildman–Crippen MR) is 125 cm³/mol. The predicted octanol–water partition coefficient (Wildman–Crippen LogP) is 3.76. The molecule has 178 valence electrons. The minimum absolute atomic E-state index is 0.0475. The SMILES string of the molecule is O=C(Nc1nc(-c2ccc3c(c2)OCCO3)cs1)C1CCN(S(=O)(=O)c2ccc(F)cc2)CC1. The van der Waals surface area contributed by atoms with Crippen LogP contribution in [0.1, 0.15) is 12.8 Å². The van der Waals surface area contributed by atoms with Crippen LogP contribution in [0.15, 0.2) is 52.7 Å². The Morgan fingerprint density at radius 2 is 1.76 bits per heavy atom. The molecule has 1 saturated heterocycles. The molecule has 1 aromatic heterocycles. The van der Waals surface area contributed by atoms with Gasteiger partial charge in [0.25, 0.3) is 0 Å². The highest BCUT2D eigenvalue weighted by Crippen LogP contribution is 2.35. The quantitative estimate of drug-likeness (QED) is 0.570. The number of hydrogen-bond donors (Lipinski definition) is 1. The monoisotopic (exact) mass is 503 g/mol. The van der Waals surface area contributed by atoms with Gasteiger partial charge in [-0.1, -0.05) is 0 Å².